The number of amides is 1. The molecule has 3 heterocycles. The summed E-state index contributed by atoms with van der Waals surface area (Å²) in [5, 5.41) is 7.77. The van der Waals surface area contributed by atoms with Gasteiger partial charge in [0.15, 0.2) is 5.65 Å². The summed E-state index contributed by atoms with van der Waals surface area (Å²) in [5.74, 6) is 0.969. The maximum Gasteiger partial charge on any atom is 0.263 e. The fraction of sp³-hybridized carbons (Fsp3) is 0.250. The van der Waals surface area contributed by atoms with Crippen LogP contribution in [0.15, 0.2) is 65.6 Å². The quantitative estimate of drug-likeness (QED) is 0.490. The number of nitrogens with zero attached hydrogens (tertiary/aromatic N) is 4. The number of aromatic nitrogens is 4. The van der Waals surface area contributed by atoms with E-state index in [1.807, 2.05) is 59.5 Å². The number of anilines is 2. The first kappa shape index (κ1) is 20.7. The zero-order valence-electron chi connectivity index (χ0n) is 18.2. The number of fused-ring (bicyclic) bond motifs is 1. The largest absolute Gasteiger partial charge is 0.495 e. The number of benzene rings is 2. The van der Waals surface area contributed by atoms with Gasteiger partial charge < -0.3 is 15.0 Å². The maximum atomic E-state index is 12.8. The van der Waals surface area contributed by atoms with Gasteiger partial charge in [-0.15, -0.1) is 0 Å². The normalized spacial score (nSPS) is 14.4. The Morgan fingerprint density at radius 2 is 1.82 bits per heavy atom. The molecular formula is C24H24N6O3. The minimum atomic E-state index is -0.228. The average molecular weight is 444 g/mol. The van der Waals surface area contributed by atoms with Gasteiger partial charge in [-0.2, -0.15) is 10.1 Å². The van der Waals surface area contributed by atoms with Crippen molar-refractivity contribution in [3.8, 4) is 11.4 Å². The molecular weight excluding hydrogens is 420 g/mol. The van der Waals surface area contributed by atoms with Crippen molar-refractivity contribution in [1.82, 2.24) is 19.7 Å². The fourth-order valence-electron chi connectivity index (χ4n) is 4.15. The van der Waals surface area contributed by atoms with Gasteiger partial charge >= 0.3 is 0 Å². The number of hydrogen-bond donors (Lipinski definition) is 2. The van der Waals surface area contributed by atoms with E-state index in [-0.39, 0.29) is 17.4 Å². The Bertz CT molecular complexity index is 1340. The molecule has 0 atom stereocenters. The predicted octanol–water partition coefficient (Wildman–Crippen LogP) is 2.97. The highest BCUT2D eigenvalue weighted by Crippen LogP contribution is 2.27. The summed E-state index contributed by atoms with van der Waals surface area (Å²) in [6.45, 7) is 1.22. The molecule has 4 aromatic rings. The van der Waals surface area contributed by atoms with Crippen molar-refractivity contribution < 1.29 is 9.53 Å². The molecule has 0 bridgehead atoms. The van der Waals surface area contributed by atoms with E-state index in [1.165, 1.54) is 6.20 Å². The topological polar surface area (TPSA) is 105 Å². The standard InChI is InChI=1S/C24H24N6O3/c1-33-20-10-6-5-9-19(20)26-22(31)16-11-13-29(14-12-16)24-27-21-18(23(32)28-24)15-25-30(21)17-7-3-2-4-8-17/h2-10,15-16H,11-14H2,1H3,(H,26,31)(H,27,28,32). The van der Waals surface area contributed by atoms with E-state index in [2.05, 4.69) is 15.4 Å². The molecule has 5 rings (SSSR count). The van der Waals surface area contributed by atoms with E-state index in [0.717, 1.165) is 5.69 Å². The number of hydrogen-bond acceptors (Lipinski definition) is 6. The van der Waals surface area contributed by atoms with Crippen LogP contribution in [0.4, 0.5) is 11.6 Å². The van der Waals surface area contributed by atoms with E-state index in [9.17, 15) is 9.59 Å². The predicted molar refractivity (Wildman–Crippen MR) is 126 cm³/mol. The number of H-pyrrole nitrogens is 1. The second-order valence-corrected chi connectivity index (χ2v) is 7.97. The average Bonchev–Trinajstić information content (AvgIpc) is 3.30. The molecule has 2 N–H and O–H groups in total. The monoisotopic (exact) mass is 444 g/mol. The van der Waals surface area contributed by atoms with Crippen molar-refractivity contribution in [2.75, 3.05) is 30.4 Å². The summed E-state index contributed by atoms with van der Waals surface area (Å²) >= 11 is 0. The van der Waals surface area contributed by atoms with Crippen LogP contribution in [0.5, 0.6) is 5.75 Å². The molecule has 168 valence electrons. The number of rotatable bonds is 5. The molecule has 1 aliphatic heterocycles. The highest BCUT2D eigenvalue weighted by Gasteiger charge is 2.27. The summed E-state index contributed by atoms with van der Waals surface area (Å²) in [6, 6.07) is 17.0. The third-order valence-corrected chi connectivity index (χ3v) is 5.96. The molecule has 0 unspecified atom stereocenters. The van der Waals surface area contributed by atoms with Crippen LogP contribution in [0.1, 0.15) is 12.8 Å². The minimum Gasteiger partial charge on any atom is -0.495 e. The van der Waals surface area contributed by atoms with Crippen molar-refractivity contribution in [2.45, 2.75) is 12.8 Å². The summed E-state index contributed by atoms with van der Waals surface area (Å²) in [5.41, 5.74) is 1.78. The lowest BCUT2D eigenvalue weighted by atomic mass is 9.96. The number of piperidine rings is 1. The Balaban J connectivity index is 1.32. The molecule has 1 fully saturated rings. The highest BCUT2D eigenvalue weighted by molar-refractivity contribution is 5.94. The van der Waals surface area contributed by atoms with Gasteiger partial charge in [-0.25, -0.2) is 4.68 Å². The number of methoxy groups -OCH3 is 1. The van der Waals surface area contributed by atoms with E-state index in [4.69, 9.17) is 9.72 Å². The zero-order valence-corrected chi connectivity index (χ0v) is 18.2. The smallest absolute Gasteiger partial charge is 0.263 e. The lowest BCUT2D eigenvalue weighted by molar-refractivity contribution is -0.120. The van der Waals surface area contributed by atoms with Crippen LogP contribution in [0.2, 0.25) is 0 Å². The third-order valence-electron chi connectivity index (χ3n) is 5.96. The van der Waals surface area contributed by atoms with E-state index in [1.54, 1.807) is 11.8 Å². The summed E-state index contributed by atoms with van der Waals surface area (Å²) < 4.78 is 6.99. The Hall–Kier alpha value is -4.14. The second kappa shape index (κ2) is 8.78. The molecule has 33 heavy (non-hydrogen) atoms. The van der Waals surface area contributed by atoms with Crippen molar-refractivity contribution in [3.05, 3.63) is 71.1 Å². The van der Waals surface area contributed by atoms with Crippen LogP contribution in [-0.4, -0.2) is 45.9 Å². The van der Waals surface area contributed by atoms with Crippen molar-refractivity contribution in [1.29, 1.82) is 0 Å². The van der Waals surface area contributed by atoms with Gasteiger partial charge in [0.05, 0.1) is 24.7 Å². The molecule has 9 nitrogen and oxygen atoms in total. The van der Waals surface area contributed by atoms with Crippen molar-refractivity contribution in [3.63, 3.8) is 0 Å². The van der Waals surface area contributed by atoms with Crippen LogP contribution in [0.25, 0.3) is 16.7 Å². The molecule has 9 heteroatoms. The molecule has 1 saturated heterocycles. The molecule has 1 aliphatic rings. The molecule has 0 radical (unpaired) electrons. The minimum absolute atomic E-state index is 0.0294. The van der Waals surface area contributed by atoms with Gasteiger partial charge in [-0.3, -0.25) is 14.6 Å². The van der Waals surface area contributed by atoms with Crippen LogP contribution < -0.4 is 20.5 Å². The third kappa shape index (κ3) is 4.05. The molecule has 2 aromatic heterocycles. The zero-order chi connectivity index (χ0) is 22.8. The van der Waals surface area contributed by atoms with E-state index < -0.39 is 0 Å². The SMILES string of the molecule is COc1ccccc1NC(=O)C1CCN(c2nc3c(cnn3-c3ccccc3)c(=O)[nH]2)CC1. The number of nitrogens with one attached hydrogen (secondary N) is 2. The first-order valence-electron chi connectivity index (χ1n) is 10.9. The summed E-state index contributed by atoms with van der Waals surface area (Å²) in [4.78, 5) is 35.1. The van der Waals surface area contributed by atoms with Crippen LogP contribution >= 0.6 is 0 Å². The highest BCUT2D eigenvalue weighted by atomic mass is 16.5. The number of carbonyl (C=O) groups excluding carboxylic acids is 1. The van der Waals surface area contributed by atoms with Crippen LogP contribution in [0.3, 0.4) is 0 Å². The van der Waals surface area contributed by atoms with Crippen molar-refractivity contribution in [2.24, 2.45) is 5.92 Å². The summed E-state index contributed by atoms with van der Waals surface area (Å²) in [7, 11) is 1.58. The van der Waals surface area contributed by atoms with Gasteiger partial charge in [-0.1, -0.05) is 30.3 Å². The van der Waals surface area contributed by atoms with Crippen molar-refractivity contribution >= 4 is 28.6 Å². The Labute approximate surface area is 190 Å². The Morgan fingerprint density at radius 1 is 1.09 bits per heavy atom. The first-order valence-corrected chi connectivity index (χ1v) is 10.9. The molecule has 0 saturated carbocycles. The molecule has 2 aromatic carbocycles. The van der Waals surface area contributed by atoms with Crippen LogP contribution in [0, 0.1) is 5.92 Å². The molecule has 0 spiro atoms. The molecule has 1 amide bonds. The maximum absolute atomic E-state index is 12.8. The lowest BCUT2D eigenvalue weighted by Gasteiger charge is -2.31. The second-order valence-electron chi connectivity index (χ2n) is 7.97. The van der Waals surface area contributed by atoms with E-state index >= 15 is 0 Å². The van der Waals surface area contributed by atoms with Gasteiger partial charge in [-0.05, 0) is 37.1 Å². The van der Waals surface area contributed by atoms with Gasteiger partial charge in [0.1, 0.15) is 11.1 Å². The number of carbonyl (C=O) groups is 1. The fourth-order valence-corrected chi connectivity index (χ4v) is 4.15. The number of ether oxygens (including phenoxy) is 1. The van der Waals surface area contributed by atoms with Crippen LogP contribution in [-0.2, 0) is 4.79 Å². The molecule has 0 aliphatic carbocycles. The Kier molecular flexibility index (Phi) is 5.52. The summed E-state index contributed by atoms with van der Waals surface area (Å²) in [6.07, 6.45) is 2.84. The van der Waals surface area contributed by atoms with E-state index in [0.29, 0.717) is 54.3 Å². The number of aromatic amines is 1. The Morgan fingerprint density at radius 3 is 2.58 bits per heavy atom. The lowest BCUT2D eigenvalue weighted by Crippen LogP contribution is -2.39. The van der Waals surface area contributed by atoms with Gasteiger partial charge in [0.25, 0.3) is 5.56 Å². The number of para-hydroxylation sites is 3. The first-order chi connectivity index (χ1) is 16.1. The van der Waals surface area contributed by atoms with Gasteiger partial charge in [0.2, 0.25) is 11.9 Å². The van der Waals surface area contributed by atoms with Gasteiger partial charge in [0, 0.05) is 19.0 Å².